The maximum atomic E-state index is 11.9. The van der Waals surface area contributed by atoms with Crippen molar-refractivity contribution in [2.75, 3.05) is 5.32 Å². The van der Waals surface area contributed by atoms with Gasteiger partial charge in [-0.2, -0.15) is 4.99 Å². The molecular weight excluding hydrogens is 345 g/mol. The Kier molecular flexibility index (Phi) is 6.61. The number of guanidine groups is 1. The molecule has 0 saturated heterocycles. The Morgan fingerprint density at radius 1 is 1.45 bits per heavy atom. The molecule has 2 aromatic rings. The summed E-state index contributed by atoms with van der Waals surface area (Å²) in [4.78, 5) is 19.9. The fraction of sp³-hybridized carbons (Fsp3) is 0.154. The number of thiazole rings is 1. The summed E-state index contributed by atoms with van der Waals surface area (Å²) in [5.74, 6) is -0.244. The first-order chi connectivity index (χ1) is 9.94. The number of rotatable bonds is 4. The van der Waals surface area contributed by atoms with Gasteiger partial charge in [0.2, 0.25) is 11.0 Å². The zero-order chi connectivity index (χ0) is 15.4. The number of benzene rings is 1. The van der Waals surface area contributed by atoms with Crippen LogP contribution in [0.1, 0.15) is 11.3 Å². The second kappa shape index (κ2) is 7.98. The van der Waals surface area contributed by atoms with Gasteiger partial charge in [0.1, 0.15) is 0 Å². The Labute approximate surface area is 143 Å². The van der Waals surface area contributed by atoms with Gasteiger partial charge in [-0.05, 0) is 24.6 Å². The molecule has 22 heavy (non-hydrogen) atoms. The molecule has 0 aliphatic carbocycles. The number of anilines is 1. The second-order valence-electron chi connectivity index (χ2n) is 4.35. The number of nitrogens with one attached hydrogen (secondary N) is 1. The highest BCUT2D eigenvalue weighted by Gasteiger charge is 2.08. The first-order valence-electron chi connectivity index (χ1n) is 6.04. The third-order valence-corrected chi connectivity index (χ3v) is 3.75. The van der Waals surface area contributed by atoms with Gasteiger partial charge in [-0.15, -0.1) is 23.7 Å². The lowest BCUT2D eigenvalue weighted by Crippen LogP contribution is -2.21. The number of carbonyl (C=O) groups excluding carboxylic acids is 1. The summed E-state index contributed by atoms with van der Waals surface area (Å²) < 4.78 is 0. The molecule has 118 valence electrons. The molecule has 2 rings (SSSR count). The zero-order valence-corrected chi connectivity index (χ0v) is 14.1. The molecule has 5 N–H and O–H groups in total. The average molecular weight is 360 g/mol. The number of hydrogen-bond acceptors (Lipinski definition) is 4. The molecule has 1 heterocycles. The molecule has 0 fully saturated rings. The molecule has 0 bridgehead atoms. The summed E-state index contributed by atoms with van der Waals surface area (Å²) in [6.07, 6.45) is 0.141. The van der Waals surface area contributed by atoms with Crippen molar-refractivity contribution in [2.45, 2.75) is 13.3 Å². The van der Waals surface area contributed by atoms with Crippen LogP contribution in [0.2, 0.25) is 5.02 Å². The van der Waals surface area contributed by atoms with E-state index in [0.717, 1.165) is 5.56 Å². The summed E-state index contributed by atoms with van der Waals surface area (Å²) in [7, 11) is 0. The van der Waals surface area contributed by atoms with Crippen LogP contribution >= 0.6 is 35.3 Å². The summed E-state index contributed by atoms with van der Waals surface area (Å²) in [5.41, 5.74) is 12.7. The number of aromatic nitrogens is 1. The van der Waals surface area contributed by atoms with E-state index in [-0.39, 0.29) is 30.7 Å². The van der Waals surface area contributed by atoms with Crippen molar-refractivity contribution in [3.05, 3.63) is 39.9 Å². The molecule has 1 aromatic heterocycles. The van der Waals surface area contributed by atoms with E-state index in [0.29, 0.717) is 21.5 Å². The van der Waals surface area contributed by atoms with Crippen LogP contribution in [0.3, 0.4) is 0 Å². The molecule has 0 radical (unpaired) electrons. The number of aryl methyl sites for hydroxylation is 1. The van der Waals surface area contributed by atoms with Crippen LogP contribution in [0.15, 0.2) is 28.6 Å². The highest BCUT2D eigenvalue weighted by Crippen LogP contribution is 2.21. The number of amides is 1. The van der Waals surface area contributed by atoms with E-state index >= 15 is 0 Å². The number of carbonyl (C=O) groups is 1. The fourth-order valence-electron chi connectivity index (χ4n) is 1.58. The molecule has 6 nitrogen and oxygen atoms in total. The topological polar surface area (TPSA) is 106 Å². The van der Waals surface area contributed by atoms with E-state index in [1.807, 2.05) is 13.0 Å². The molecule has 0 spiro atoms. The first kappa shape index (κ1) is 18.2. The lowest BCUT2D eigenvalue weighted by atomic mass is 10.2. The van der Waals surface area contributed by atoms with Gasteiger partial charge in [-0.1, -0.05) is 17.7 Å². The van der Waals surface area contributed by atoms with Crippen LogP contribution in [0.5, 0.6) is 0 Å². The van der Waals surface area contributed by atoms with Crippen molar-refractivity contribution < 1.29 is 4.79 Å². The lowest BCUT2D eigenvalue weighted by Gasteiger charge is -2.05. The second-order valence-corrected chi connectivity index (χ2v) is 5.59. The van der Waals surface area contributed by atoms with Gasteiger partial charge in [-0.25, -0.2) is 4.98 Å². The van der Waals surface area contributed by atoms with Gasteiger partial charge in [-0.3, -0.25) is 4.79 Å². The van der Waals surface area contributed by atoms with E-state index in [1.165, 1.54) is 11.3 Å². The largest absolute Gasteiger partial charge is 0.370 e. The minimum Gasteiger partial charge on any atom is -0.370 e. The Morgan fingerprint density at radius 2 is 2.18 bits per heavy atom. The van der Waals surface area contributed by atoms with Gasteiger partial charge < -0.3 is 16.8 Å². The molecule has 1 aromatic carbocycles. The van der Waals surface area contributed by atoms with Crippen LogP contribution < -0.4 is 16.8 Å². The van der Waals surface area contributed by atoms with Crippen LogP contribution in [-0.4, -0.2) is 16.9 Å². The molecule has 0 atom stereocenters. The standard InChI is InChI=1S/C13H14ClN5OS.ClH/c1-7-2-3-8(4-10(7)14)17-11(20)5-9-6-21-13(18-9)19-12(15)16;/h2-4,6H,5H2,1H3,(H,17,20)(H4,15,16,18,19);1H. The molecule has 0 aliphatic rings. The predicted molar refractivity (Wildman–Crippen MR) is 93.4 cm³/mol. The van der Waals surface area contributed by atoms with Crippen LogP contribution in [0.4, 0.5) is 10.8 Å². The zero-order valence-electron chi connectivity index (χ0n) is 11.7. The van der Waals surface area contributed by atoms with Gasteiger partial charge in [0, 0.05) is 16.1 Å². The summed E-state index contributed by atoms with van der Waals surface area (Å²) in [5, 5.41) is 5.54. The third kappa shape index (κ3) is 5.18. The predicted octanol–water partition coefficient (Wildman–Crippen LogP) is 2.61. The van der Waals surface area contributed by atoms with Gasteiger partial charge in [0.15, 0.2) is 5.96 Å². The van der Waals surface area contributed by atoms with E-state index in [2.05, 4.69) is 15.3 Å². The first-order valence-corrected chi connectivity index (χ1v) is 7.30. The maximum absolute atomic E-state index is 11.9. The van der Waals surface area contributed by atoms with Gasteiger partial charge >= 0.3 is 0 Å². The molecular formula is C13H15Cl2N5OS. The minimum atomic E-state index is -0.184. The summed E-state index contributed by atoms with van der Waals surface area (Å²) in [6, 6.07) is 5.35. The number of nitrogens with two attached hydrogens (primary N) is 2. The van der Waals surface area contributed by atoms with E-state index in [4.69, 9.17) is 23.1 Å². The monoisotopic (exact) mass is 359 g/mol. The van der Waals surface area contributed by atoms with Gasteiger partial charge in [0.05, 0.1) is 12.1 Å². The molecule has 0 unspecified atom stereocenters. The summed E-state index contributed by atoms with van der Waals surface area (Å²) in [6.45, 7) is 1.90. The minimum absolute atomic E-state index is 0. The van der Waals surface area contributed by atoms with Gasteiger partial charge in [0.25, 0.3) is 0 Å². The Morgan fingerprint density at radius 3 is 2.82 bits per heavy atom. The lowest BCUT2D eigenvalue weighted by molar-refractivity contribution is -0.115. The van der Waals surface area contributed by atoms with Crippen molar-refractivity contribution in [3.63, 3.8) is 0 Å². The summed E-state index contributed by atoms with van der Waals surface area (Å²) >= 11 is 7.28. The molecule has 0 saturated carbocycles. The van der Waals surface area contributed by atoms with Crippen molar-refractivity contribution in [2.24, 2.45) is 16.5 Å². The number of halogens is 2. The van der Waals surface area contributed by atoms with E-state index in [9.17, 15) is 4.79 Å². The number of aliphatic imine (C=N–C) groups is 1. The molecule has 0 aliphatic heterocycles. The average Bonchev–Trinajstić information content (AvgIpc) is 2.80. The maximum Gasteiger partial charge on any atom is 0.230 e. The number of nitrogens with zero attached hydrogens (tertiary/aromatic N) is 2. The highest BCUT2D eigenvalue weighted by molar-refractivity contribution is 7.13. The third-order valence-electron chi connectivity index (χ3n) is 2.56. The molecule has 1 amide bonds. The normalized spacial score (nSPS) is 9.73. The Hall–Kier alpha value is -1.83. The van der Waals surface area contributed by atoms with E-state index in [1.54, 1.807) is 17.5 Å². The Bertz CT molecular complexity index is 697. The Balaban J connectivity index is 0.00000242. The highest BCUT2D eigenvalue weighted by atomic mass is 35.5. The SMILES string of the molecule is Cc1ccc(NC(=O)Cc2csc(N=C(N)N)n2)cc1Cl.Cl. The van der Waals surface area contributed by atoms with Crippen molar-refractivity contribution in [1.29, 1.82) is 0 Å². The van der Waals surface area contributed by atoms with Crippen molar-refractivity contribution in [1.82, 2.24) is 4.98 Å². The van der Waals surface area contributed by atoms with Crippen molar-refractivity contribution >= 4 is 58.0 Å². The number of hydrogen-bond donors (Lipinski definition) is 3. The smallest absolute Gasteiger partial charge is 0.230 e. The van der Waals surface area contributed by atoms with Crippen LogP contribution in [0.25, 0.3) is 0 Å². The van der Waals surface area contributed by atoms with E-state index < -0.39 is 0 Å². The molecule has 9 heteroatoms. The van der Waals surface area contributed by atoms with Crippen LogP contribution in [-0.2, 0) is 11.2 Å². The fourth-order valence-corrected chi connectivity index (χ4v) is 2.47. The quantitative estimate of drug-likeness (QED) is 0.575. The van der Waals surface area contributed by atoms with Crippen LogP contribution in [0, 0.1) is 6.92 Å². The van der Waals surface area contributed by atoms with Crippen molar-refractivity contribution in [3.8, 4) is 0 Å².